The number of likely N-dealkylation sites (N-methyl/N-ethyl adjacent to an activating group) is 1. The van der Waals surface area contributed by atoms with E-state index in [1.54, 1.807) is 47.4 Å². The number of fused-ring (bicyclic) bond motifs is 1. The van der Waals surface area contributed by atoms with Crippen molar-refractivity contribution in [1.82, 2.24) is 24.2 Å². The number of hydrogen-bond acceptors (Lipinski definition) is 5. The summed E-state index contributed by atoms with van der Waals surface area (Å²) in [6.45, 7) is 3.54. The van der Waals surface area contributed by atoms with E-state index in [1.807, 2.05) is 7.05 Å². The van der Waals surface area contributed by atoms with Gasteiger partial charge in [-0.3, -0.25) is 19.1 Å². The Morgan fingerprint density at radius 3 is 2.67 bits per heavy atom. The van der Waals surface area contributed by atoms with Crippen LogP contribution in [-0.2, 0) is 12.7 Å². The highest BCUT2D eigenvalue weighted by Crippen LogP contribution is 2.33. The van der Waals surface area contributed by atoms with Crippen LogP contribution in [0.25, 0.3) is 5.65 Å². The Morgan fingerprint density at radius 2 is 1.90 bits per heavy atom. The fourth-order valence-corrected chi connectivity index (χ4v) is 4.61. The molecule has 2 aromatic heterocycles. The Morgan fingerprint density at radius 1 is 1.10 bits per heavy atom. The molecule has 0 bridgehead atoms. The van der Waals surface area contributed by atoms with E-state index in [1.165, 1.54) is 6.07 Å². The standard InChI is InChI=1S/C28H24ClF3N6O/c1-36-9-11-37(12-10-36)18-19-13-21(28(30,31)32)15-22(14-19)35-27(39)24-4-2-3-20(26(24)29)5-6-23-16-34-25-17-33-7-8-38(23)25/h2-4,7-8,13-17H,9-12,18H2,1H3,(H,35,39). The molecule has 1 saturated heterocycles. The molecule has 11 heteroatoms. The molecule has 0 spiro atoms. The molecule has 1 fully saturated rings. The summed E-state index contributed by atoms with van der Waals surface area (Å²) >= 11 is 6.52. The number of halogens is 4. The summed E-state index contributed by atoms with van der Waals surface area (Å²) < 4.78 is 42.8. The summed E-state index contributed by atoms with van der Waals surface area (Å²) in [6, 6.07) is 8.42. The maximum Gasteiger partial charge on any atom is 0.416 e. The van der Waals surface area contributed by atoms with Gasteiger partial charge in [0.25, 0.3) is 5.91 Å². The number of nitrogens with zero attached hydrogens (tertiary/aromatic N) is 5. The van der Waals surface area contributed by atoms with Crippen LogP contribution in [0, 0.1) is 11.8 Å². The number of hydrogen-bond donors (Lipinski definition) is 1. The van der Waals surface area contributed by atoms with E-state index < -0.39 is 17.6 Å². The molecule has 0 radical (unpaired) electrons. The van der Waals surface area contributed by atoms with Crippen LogP contribution in [0.5, 0.6) is 0 Å². The van der Waals surface area contributed by atoms with Gasteiger partial charge in [-0.15, -0.1) is 0 Å². The van der Waals surface area contributed by atoms with Gasteiger partial charge in [-0.25, -0.2) is 4.98 Å². The average Bonchev–Trinajstić information content (AvgIpc) is 3.32. The van der Waals surface area contributed by atoms with Crippen LogP contribution in [0.2, 0.25) is 5.02 Å². The number of carbonyl (C=O) groups excluding carboxylic acids is 1. The van der Waals surface area contributed by atoms with E-state index in [2.05, 4.69) is 36.9 Å². The van der Waals surface area contributed by atoms with Crippen molar-refractivity contribution >= 4 is 28.8 Å². The molecular formula is C28H24ClF3N6O. The maximum absolute atomic E-state index is 13.7. The smallest absolute Gasteiger partial charge is 0.322 e. The van der Waals surface area contributed by atoms with Crippen molar-refractivity contribution in [2.75, 3.05) is 38.5 Å². The van der Waals surface area contributed by atoms with Crippen LogP contribution in [-0.4, -0.2) is 63.3 Å². The minimum atomic E-state index is -4.56. The van der Waals surface area contributed by atoms with E-state index in [-0.39, 0.29) is 16.3 Å². The average molecular weight is 553 g/mol. The van der Waals surface area contributed by atoms with Gasteiger partial charge < -0.3 is 10.2 Å². The fourth-order valence-electron chi connectivity index (χ4n) is 4.35. The highest BCUT2D eigenvalue weighted by atomic mass is 35.5. The molecule has 0 unspecified atom stereocenters. The molecule has 1 aliphatic heterocycles. The number of imidazole rings is 1. The lowest BCUT2D eigenvalue weighted by Crippen LogP contribution is -2.43. The Labute approximate surface area is 228 Å². The second kappa shape index (κ2) is 11.1. The maximum atomic E-state index is 13.7. The Balaban J connectivity index is 1.39. The van der Waals surface area contributed by atoms with Crippen molar-refractivity contribution in [3.05, 3.63) is 94.2 Å². The van der Waals surface area contributed by atoms with E-state index in [9.17, 15) is 18.0 Å². The normalized spacial score (nSPS) is 14.7. The summed E-state index contributed by atoms with van der Waals surface area (Å²) in [5, 5.41) is 2.70. The van der Waals surface area contributed by atoms with Crippen molar-refractivity contribution in [3.8, 4) is 11.8 Å². The summed E-state index contributed by atoms with van der Waals surface area (Å²) in [5.74, 6) is 5.31. The summed E-state index contributed by atoms with van der Waals surface area (Å²) in [6.07, 6.45) is 1.99. The van der Waals surface area contributed by atoms with Gasteiger partial charge in [0.15, 0.2) is 5.65 Å². The molecule has 5 rings (SSSR count). The highest BCUT2D eigenvalue weighted by Gasteiger charge is 2.31. The van der Waals surface area contributed by atoms with Gasteiger partial charge in [-0.05, 0) is 48.9 Å². The number of piperazine rings is 1. The van der Waals surface area contributed by atoms with Crippen LogP contribution in [0.15, 0.2) is 61.2 Å². The van der Waals surface area contributed by atoms with Crippen LogP contribution >= 0.6 is 11.6 Å². The van der Waals surface area contributed by atoms with E-state index in [0.717, 1.165) is 38.3 Å². The molecule has 1 aliphatic rings. The van der Waals surface area contributed by atoms with Crippen molar-refractivity contribution in [3.63, 3.8) is 0 Å². The predicted octanol–water partition coefficient (Wildman–Crippen LogP) is 4.80. The van der Waals surface area contributed by atoms with Crippen LogP contribution < -0.4 is 5.32 Å². The number of carbonyl (C=O) groups is 1. The zero-order valence-electron chi connectivity index (χ0n) is 21.0. The lowest BCUT2D eigenvalue weighted by Gasteiger charge is -2.32. The van der Waals surface area contributed by atoms with Gasteiger partial charge in [0.2, 0.25) is 0 Å². The van der Waals surface area contributed by atoms with Gasteiger partial charge >= 0.3 is 6.18 Å². The fraction of sp³-hybridized carbons (Fsp3) is 0.250. The molecule has 0 aliphatic carbocycles. The van der Waals surface area contributed by atoms with E-state index in [0.29, 0.717) is 29.0 Å². The van der Waals surface area contributed by atoms with E-state index in [4.69, 9.17) is 11.6 Å². The van der Waals surface area contributed by atoms with Gasteiger partial charge in [0.1, 0.15) is 5.69 Å². The third-order valence-corrected chi connectivity index (χ3v) is 6.87. The predicted molar refractivity (Wildman–Crippen MR) is 143 cm³/mol. The first-order chi connectivity index (χ1) is 18.7. The SMILES string of the molecule is CN1CCN(Cc2cc(NC(=O)c3cccc(C#Cc4cnc5cnccn45)c3Cl)cc(C(F)(F)F)c2)CC1. The van der Waals surface area contributed by atoms with Crippen LogP contribution in [0.3, 0.4) is 0 Å². The molecule has 7 nitrogen and oxygen atoms in total. The number of anilines is 1. The molecule has 1 amide bonds. The minimum absolute atomic E-state index is 0.0471. The first-order valence-electron chi connectivity index (χ1n) is 12.2. The Hall–Kier alpha value is -3.91. The number of alkyl halides is 3. The first-order valence-corrected chi connectivity index (χ1v) is 12.6. The number of rotatable bonds is 4. The van der Waals surface area contributed by atoms with Gasteiger partial charge in [-0.2, -0.15) is 13.2 Å². The quantitative estimate of drug-likeness (QED) is 0.369. The largest absolute Gasteiger partial charge is 0.416 e. The van der Waals surface area contributed by atoms with Gasteiger partial charge in [0.05, 0.1) is 28.5 Å². The van der Waals surface area contributed by atoms with Crippen LogP contribution in [0.1, 0.15) is 32.7 Å². The third kappa shape index (κ3) is 6.23. The van der Waals surface area contributed by atoms with Crippen molar-refractivity contribution in [2.45, 2.75) is 12.7 Å². The molecular weight excluding hydrogens is 529 g/mol. The molecule has 1 N–H and O–H groups in total. The molecule has 39 heavy (non-hydrogen) atoms. The summed E-state index contributed by atoms with van der Waals surface area (Å²) in [5.41, 5.74) is 1.43. The van der Waals surface area contributed by atoms with Gasteiger partial charge in [-0.1, -0.05) is 23.6 Å². The molecule has 0 saturated carbocycles. The number of amides is 1. The number of aromatic nitrogens is 3. The number of nitrogens with one attached hydrogen (secondary N) is 1. The molecule has 3 heterocycles. The molecule has 2 aromatic carbocycles. The van der Waals surface area contributed by atoms with E-state index >= 15 is 0 Å². The minimum Gasteiger partial charge on any atom is -0.322 e. The Bertz CT molecular complexity index is 1580. The zero-order chi connectivity index (χ0) is 27.6. The molecule has 4 aromatic rings. The lowest BCUT2D eigenvalue weighted by atomic mass is 10.1. The summed E-state index contributed by atoms with van der Waals surface area (Å²) in [7, 11) is 2.01. The van der Waals surface area contributed by atoms with Gasteiger partial charge in [0, 0.05) is 56.4 Å². The highest BCUT2D eigenvalue weighted by molar-refractivity contribution is 6.35. The van der Waals surface area contributed by atoms with Crippen LogP contribution in [0.4, 0.5) is 18.9 Å². The first kappa shape index (κ1) is 26.7. The third-order valence-electron chi connectivity index (χ3n) is 6.47. The van der Waals surface area contributed by atoms with Crippen molar-refractivity contribution in [2.24, 2.45) is 0 Å². The topological polar surface area (TPSA) is 65.8 Å². The summed E-state index contributed by atoms with van der Waals surface area (Å²) in [4.78, 5) is 25.7. The second-order valence-electron chi connectivity index (χ2n) is 9.31. The molecule has 0 atom stereocenters. The lowest BCUT2D eigenvalue weighted by molar-refractivity contribution is -0.137. The second-order valence-corrected chi connectivity index (χ2v) is 9.69. The number of benzene rings is 2. The van der Waals surface area contributed by atoms with Crippen molar-refractivity contribution in [1.29, 1.82) is 0 Å². The monoisotopic (exact) mass is 552 g/mol. The molecule has 200 valence electrons. The Kier molecular flexibility index (Phi) is 7.57. The zero-order valence-corrected chi connectivity index (χ0v) is 21.7. The van der Waals surface area contributed by atoms with Crippen molar-refractivity contribution < 1.29 is 18.0 Å².